The second-order valence-electron chi connectivity index (χ2n) is 4.05. The number of hydrogen-bond acceptors (Lipinski definition) is 5. The lowest BCUT2D eigenvalue weighted by Gasteiger charge is -2.00. The van der Waals surface area contributed by atoms with E-state index in [1.807, 2.05) is 6.92 Å². The molecule has 0 spiro atoms. The summed E-state index contributed by atoms with van der Waals surface area (Å²) in [4.78, 5) is 16.6. The fourth-order valence-corrected chi connectivity index (χ4v) is 2.87. The minimum Gasteiger partial charge on any atom is -0.375 e. The zero-order valence-electron chi connectivity index (χ0n) is 11.1. The molecule has 8 heteroatoms. The number of nitrogens with two attached hydrogens (primary N) is 1. The van der Waals surface area contributed by atoms with E-state index in [0.717, 1.165) is 11.3 Å². The van der Waals surface area contributed by atoms with Gasteiger partial charge >= 0.3 is 0 Å². The normalized spacial score (nSPS) is 11.0. The summed E-state index contributed by atoms with van der Waals surface area (Å²) in [7, 11) is 0. The summed E-state index contributed by atoms with van der Waals surface area (Å²) in [6.45, 7) is 1.90. The van der Waals surface area contributed by atoms with Crippen LogP contribution in [-0.4, -0.2) is 17.1 Å². The lowest BCUT2D eigenvalue weighted by Crippen LogP contribution is -2.17. The van der Waals surface area contributed by atoms with Crippen molar-refractivity contribution in [1.82, 2.24) is 10.4 Å². The Hall–Kier alpha value is -1.63. The van der Waals surface area contributed by atoms with Crippen LogP contribution in [0, 0.1) is 0 Å². The molecule has 2 rings (SSSR count). The molecular formula is C13H12Cl2N4OS. The van der Waals surface area contributed by atoms with Crippen molar-refractivity contribution in [3.05, 3.63) is 44.4 Å². The van der Waals surface area contributed by atoms with Gasteiger partial charge in [0.05, 0.1) is 16.9 Å². The number of thiazole rings is 1. The summed E-state index contributed by atoms with van der Waals surface area (Å²) >= 11 is 12.9. The molecule has 21 heavy (non-hydrogen) atoms. The van der Waals surface area contributed by atoms with Gasteiger partial charge in [0.2, 0.25) is 0 Å². The highest BCUT2D eigenvalue weighted by atomic mass is 35.5. The highest BCUT2D eigenvalue weighted by Crippen LogP contribution is 2.21. The van der Waals surface area contributed by atoms with Crippen LogP contribution < -0.4 is 11.2 Å². The first-order valence-corrected chi connectivity index (χ1v) is 7.62. The minimum atomic E-state index is -0.345. The van der Waals surface area contributed by atoms with Gasteiger partial charge in [-0.2, -0.15) is 5.10 Å². The summed E-state index contributed by atoms with van der Waals surface area (Å²) in [6.07, 6.45) is 2.08. The van der Waals surface area contributed by atoms with E-state index in [9.17, 15) is 4.79 Å². The van der Waals surface area contributed by atoms with Gasteiger partial charge in [-0.25, -0.2) is 10.4 Å². The Morgan fingerprint density at radius 1 is 1.52 bits per heavy atom. The second kappa shape index (κ2) is 6.89. The summed E-state index contributed by atoms with van der Waals surface area (Å²) in [6, 6.07) is 5.00. The van der Waals surface area contributed by atoms with Crippen LogP contribution in [0.25, 0.3) is 0 Å². The summed E-state index contributed by atoms with van der Waals surface area (Å²) < 4.78 is 0. The van der Waals surface area contributed by atoms with Crippen molar-refractivity contribution in [2.75, 3.05) is 5.73 Å². The Labute approximate surface area is 135 Å². The predicted octanol–water partition coefficient (Wildman–Crippen LogP) is 3.36. The van der Waals surface area contributed by atoms with Gasteiger partial charge in [0.1, 0.15) is 4.88 Å². The molecule has 0 fully saturated rings. The Morgan fingerprint density at radius 3 is 2.95 bits per heavy atom. The maximum Gasteiger partial charge on any atom is 0.283 e. The second-order valence-corrected chi connectivity index (χ2v) is 5.92. The number of anilines is 1. The number of carbonyl (C=O) groups excluding carboxylic acids is 1. The number of aromatic nitrogens is 1. The molecule has 0 bridgehead atoms. The Kier molecular flexibility index (Phi) is 5.17. The number of nitrogens with zero attached hydrogens (tertiary/aromatic N) is 2. The lowest BCUT2D eigenvalue weighted by molar-refractivity contribution is 0.0958. The number of carbonyl (C=O) groups is 1. The number of hydrazone groups is 1. The molecule has 3 N–H and O–H groups in total. The fraction of sp³-hybridized carbons (Fsp3) is 0.154. The molecule has 0 radical (unpaired) electrons. The number of amides is 1. The molecule has 1 aromatic heterocycles. The van der Waals surface area contributed by atoms with Crippen LogP contribution in [-0.2, 0) is 6.42 Å². The molecule has 5 nitrogen and oxygen atoms in total. The third-order valence-electron chi connectivity index (χ3n) is 2.59. The van der Waals surface area contributed by atoms with E-state index in [2.05, 4.69) is 15.5 Å². The standard InChI is InChI=1S/C13H12Cl2N4OS/c1-2-10-11(21-13(16)18-10)12(20)19-17-6-7-3-4-8(14)5-9(7)15/h3-6H,2H2,1H3,(H2,16,18)(H,19,20). The van der Waals surface area contributed by atoms with Crippen LogP contribution in [0.2, 0.25) is 10.0 Å². The van der Waals surface area contributed by atoms with Crippen LogP contribution in [0.4, 0.5) is 5.13 Å². The third kappa shape index (κ3) is 3.93. The average Bonchev–Trinajstić information content (AvgIpc) is 2.82. The van der Waals surface area contributed by atoms with Crippen LogP contribution in [0.15, 0.2) is 23.3 Å². The molecule has 0 aliphatic carbocycles. The molecule has 1 amide bonds. The van der Waals surface area contributed by atoms with Gasteiger partial charge in [0, 0.05) is 10.6 Å². The molecule has 2 aromatic rings. The molecule has 0 aliphatic heterocycles. The van der Waals surface area contributed by atoms with Gasteiger partial charge in [0.15, 0.2) is 5.13 Å². The zero-order valence-corrected chi connectivity index (χ0v) is 13.4. The van der Waals surface area contributed by atoms with Crippen LogP contribution in [0.3, 0.4) is 0 Å². The van der Waals surface area contributed by atoms with Crippen LogP contribution in [0.1, 0.15) is 27.9 Å². The van der Waals surface area contributed by atoms with E-state index in [1.165, 1.54) is 6.21 Å². The largest absolute Gasteiger partial charge is 0.375 e. The van der Waals surface area contributed by atoms with Gasteiger partial charge in [-0.1, -0.05) is 47.5 Å². The Morgan fingerprint density at radius 2 is 2.29 bits per heavy atom. The van der Waals surface area contributed by atoms with Crippen molar-refractivity contribution in [2.45, 2.75) is 13.3 Å². The molecule has 110 valence electrons. The molecule has 1 heterocycles. The molecule has 0 saturated heterocycles. The minimum absolute atomic E-state index is 0.345. The number of rotatable bonds is 4. The van der Waals surface area contributed by atoms with Gasteiger partial charge in [0.25, 0.3) is 5.91 Å². The smallest absolute Gasteiger partial charge is 0.283 e. The van der Waals surface area contributed by atoms with E-state index < -0.39 is 0 Å². The molecule has 0 atom stereocenters. The van der Waals surface area contributed by atoms with E-state index in [0.29, 0.717) is 37.7 Å². The number of halogens is 2. The lowest BCUT2D eigenvalue weighted by atomic mass is 10.2. The third-order valence-corrected chi connectivity index (χ3v) is 4.08. The predicted molar refractivity (Wildman–Crippen MR) is 87.4 cm³/mol. The van der Waals surface area contributed by atoms with Gasteiger partial charge in [-0.05, 0) is 18.6 Å². The van der Waals surface area contributed by atoms with Crippen molar-refractivity contribution in [3.63, 3.8) is 0 Å². The quantitative estimate of drug-likeness (QED) is 0.660. The van der Waals surface area contributed by atoms with Crippen LogP contribution in [0.5, 0.6) is 0 Å². The van der Waals surface area contributed by atoms with Gasteiger partial charge in [-0.15, -0.1) is 0 Å². The van der Waals surface area contributed by atoms with Crippen molar-refractivity contribution in [1.29, 1.82) is 0 Å². The first-order chi connectivity index (χ1) is 10.0. The fourth-order valence-electron chi connectivity index (χ4n) is 1.60. The van der Waals surface area contributed by atoms with E-state index in [-0.39, 0.29) is 5.91 Å². The number of hydrogen-bond donors (Lipinski definition) is 2. The SMILES string of the molecule is CCc1nc(N)sc1C(=O)NN=Cc1ccc(Cl)cc1Cl. The van der Waals surface area contributed by atoms with E-state index in [4.69, 9.17) is 28.9 Å². The topological polar surface area (TPSA) is 80.4 Å². The monoisotopic (exact) mass is 342 g/mol. The average molecular weight is 343 g/mol. The summed E-state index contributed by atoms with van der Waals surface area (Å²) in [5.41, 5.74) is 9.35. The van der Waals surface area contributed by atoms with E-state index in [1.54, 1.807) is 18.2 Å². The highest BCUT2D eigenvalue weighted by Gasteiger charge is 2.15. The van der Waals surface area contributed by atoms with Gasteiger partial charge < -0.3 is 5.73 Å². The number of benzene rings is 1. The molecule has 0 aliphatic rings. The summed E-state index contributed by atoms with van der Waals surface area (Å²) in [5, 5.41) is 5.23. The van der Waals surface area contributed by atoms with Crippen LogP contribution >= 0.6 is 34.5 Å². The molecule has 0 unspecified atom stereocenters. The van der Waals surface area contributed by atoms with Crippen molar-refractivity contribution in [3.8, 4) is 0 Å². The highest BCUT2D eigenvalue weighted by molar-refractivity contribution is 7.17. The van der Waals surface area contributed by atoms with Crippen molar-refractivity contribution >= 4 is 51.8 Å². The first kappa shape index (κ1) is 15.8. The van der Waals surface area contributed by atoms with E-state index >= 15 is 0 Å². The maximum atomic E-state index is 12.0. The molecule has 1 aromatic carbocycles. The van der Waals surface area contributed by atoms with Gasteiger partial charge in [-0.3, -0.25) is 4.79 Å². The Balaban J connectivity index is 2.08. The number of nitrogen functional groups attached to an aromatic ring is 1. The number of aryl methyl sites for hydroxylation is 1. The zero-order chi connectivity index (χ0) is 15.4. The molecular weight excluding hydrogens is 331 g/mol. The maximum absolute atomic E-state index is 12.0. The summed E-state index contributed by atoms with van der Waals surface area (Å²) in [5.74, 6) is -0.345. The van der Waals surface area contributed by atoms with Crippen molar-refractivity contribution in [2.24, 2.45) is 5.10 Å². The molecule has 0 saturated carbocycles. The van der Waals surface area contributed by atoms with Crippen molar-refractivity contribution < 1.29 is 4.79 Å². The number of nitrogens with one attached hydrogen (secondary N) is 1. The first-order valence-electron chi connectivity index (χ1n) is 6.05. The Bertz CT molecular complexity index is 699.